The van der Waals surface area contributed by atoms with Crippen molar-refractivity contribution in [2.75, 3.05) is 11.5 Å². The van der Waals surface area contributed by atoms with Gasteiger partial charge in [-0.05, 0) is 30.4 Å². The Morgan fingerprint density at radius 2 is 2.14 bits per heavy atom. The fourth-order valence-corrected chi connectivity index (χ4v) is 0.929. The van der Waals surface area contributed by atoms with Crippen molar-refractivity contribution < 1.29 is 0 Å². The van der Waals surface area contributed by atoms with Crippen molar-refractivity contribution in [2.45, 2.75) is 0 Å². The Hall–Kier alpha value is -1.82. The van der Waals surface area contributed by atoms with Crippen LogP contribution < -0.4 is 22.6 Å². The molecule has 0 saturated carbocycles. The number of nitrogens with one attached hydrogen (secondary N) is 1. The van der Waals surface area contributed by atoms with E-state index in [2.05, 4.69) is 22.7 Å². The summed E-state index contributed by atoms with van der Waals surface area (Å²) in [6.45, 7) is 0. The molecular formula is C8H11N5S. The zero-order chi connectivity index (χ0) is 10.6. The number of thiocarbonyl (C=S) groups is 1. The molecule has 74 valence electrons. The number of nitrogen functional groups attached to an aromatic ring is 2. The van der Waals surface area contributed by atoms with E-state index in [1.807, 2.05) is 0 Å². The lowest BCUT2D eigenvalue weighted by Crippen LogP contribution is -2.24. The van der Waals surface area contributed by atoms with Crippen LogP contribution in [0.2, 0.25) is 0 Å². The van der Waals surface area contributed by atoms with Crippen LogP contribution in [0.4, 0.5) is 11.4 Å². The van der Waals surface area contributed by atoms with E-state index in [-0.39, 0.29) is 5.11 Å². The molecule has 0 heterocycles. The molecule has 0 radical (unpaired) electrons. The molecule has 14 heavy (non-hydrogen) atoms. The van der Waals surface area contributed by atoms with E-state index in [1.54, 1.807) is 18.2 Å². The van der Waals surface area contributed by atoms with E-state index in [9.17, 15) is 0 Å². The Labute approximate surface area is 87.0 Å². The molecule has 0 atom stereocenters. The van der Waals surface area contributed by atoms with Crippen molar-refractivity contribution in [3.63, 3.8) is 0 Å². The van der Waals surface area contributed by atoms with Gasteiger partial charge in [0.15, 0.2) is 5.11 Å². The Balaban J connectivity index is 2.76. The van der Waals surface area contributed by atoms with Gasteiger partial charge in [0.25, 0.3) is 0 Å². The quantitative estimate of drug-likeness (QED) is 0.238. The van der Waals surface area contributed by atoms with Crippen molar-refractivity contribution >= 4 is 34.9 Å². The number of nitrogens with zero attached hydrogens (tertiary/aromatic N) is 1. The van der Waals surface area contributed by atoms with E-state index < -0.39 is 0 Å². The first-order valence-electron chi connectivity index (χ1n) is 3.83. The molecular weight excluding hydrogens is 198 g/mol. The molecule has 1 rings (SSSR count). The van der Waals surface area contributed by atoms with Gasteiger partial charge in [-0.3, -0.25) is 5.43 Å². The van der Waals surface area contributed by atoms with Crippen LogP contribution in [0.15, 0.2) is 23.3 Å². The van der Waals surface area contributed by atoms with Crippen molar-refractivity contribution in [3.8, 4) is 0 Å². The lowest BCUT2D eigenvalue weighted by molar-refractivity contribution is 1.04. The number of hydrazone groups is 1. The van der Waals surface area contributed by atoms with Gasteiger partial charge in [0.2, 0.25) is 0 Å². The molecule has 7 N–H and O–H groups in total. The SMILES string of the molecule is NC(=S)N/N=C/c1ccc(N)cc1N. The number of benzene rings is 1. The van der Waals surface area contributed by atoms with Gasteiger partial charge in [-0.2, -0.15) is 5.10 Å². The zero-order valence-electron chi connectivity index (χ0n) is 7.40. The second-order valence-electron chi connectivity index (χ2n) is 2.62. The smallest absolute Gasteiger partial charge is 0.184 e. The summed E-state index contributed by atoms with van der Waals surface area (Å²) in [5.41, 5.74) is 20.7. The summed E-state index contributed by atoms with van der Waals surface area (Å²) < 4.78 is 0. The Kier molecular flexibility index (Phi) is 3.24. The Morgan fingerprint density at radius 1 is 1.43 bits per heavy atom. The topological polar surface area (TPSA) is 102 Å². The van der Waals surface area contributed by atoms with Crippen LogP contribution in [0.1, 0.15) is 5.56 Å². The van der Waals surface area contributed by atoms with E-state index in [0.717, 1.165) is 5.56 Å². The minimum atomic E-state index is 0.107. The first-order valence-corrected chi connectivity index (χ1v) is 4.24. The average Bonchev–Trinajstić information content (AvgIpc) is 2.08. The fraction of sp³-hybridized carbons (Fsp3) is 0. The van der Waals surface area contributed by atoms with Crippen LogP contribution in [0.25, 0.3) is 0 Å². The summed E-state index contributed by atoms with van der Waals surface area (Å²) in [5.74, 6) is 0. The van der Waals surface area contributed by atoms with E-state index in [0.29, 0.717) is 11.4 Å². The predicted molar refractivity (Wildman–Crippen MR) is 62.8 cm³/mol. The lowest BCUT2D eigenvalue weighted by Gasteiger charge is -2.00. The van der Waals surface area contributed by atoms with Crippen LogP contribution in [-0.2, 0) is 0 Å². The standard InChI is InChI=1S/C8H11N5S/c9-6-2-1-5(7(10)3-6)4-12-13-8(11)14/h1-4H,9-10H2,(H3,11,13,14)/b12-4+. The number of nitrogens with two attached hydrogens (primary N) is 3. The van der Waals surface area contributed by atoms with Gasteiger partial charge in [0.1, 0.15) is 0 Å². The van der Waals surface area contributed by atoms with Gasteiger partial charge in [-0.15, -0.1) is 0 Å². The van der Waals surface area contributed by atoms with Crippen LogP contribution in [-0.4, -0.2) is 11.3 Å². The summed E-state index contributed by atoms with van der Waals surface area (Å²) in [6, 6.07) is 5.15. The molecule has 0 unspecified atom stereocenters. The summed E-state index contributed by atoms with van der Waals surface area (Å²) >= 11 is 4.57. The molecule has 1 aromatic carbocycles. The summed E-state index contributed by atoms with van der Waals surface area (Å²) in [5, 5.41) is 3.88. The van der Waals surface area contributed by atoms with Gasteiger partial charge in [-0.25, -0.2) is 0 Å². The molecule has 0 amide bonds. The number of anilines is 2. The maximum absolute atomic E-state index is 5.68. The van der Waals surface area contributed by atoms with Crippen LogP contribution >= 0.6 is 12.2 Å². The van der Waals surface area contributed by atoms with Crippen molar-refractivity contribution in [3.05, 3.63) is 23.8 Å². The Bertz CT molecular complexity index is 374. The third-order valence-corrected chi connectivity index (χ3v) is 1.58. The second-order valence-corrected chi connectivity index (χ2v) is 3.06. The molecule has 0 spiro atoms. The molecule has 0 aromatic heterocycles. The number of rotatable bonds is 2. The Morgan fingerprint density at radius 3 is 2.71 bits per heavy atom. The van der Waals surface area contributed by atoms with E-state index in [4.69, 9.17) is 17.2 Å². The highest BCUT2D eigenvalue weighted by Gasteiger charge is 1.95. The molecule has 0 aliphatic heterocycles. The number of hydrogen-bond donors (Lipinski definition) is 4. The lowest BCUT2D eigenvalue weighted by atomic mass is 10.2. The van der Waals surface area contributed by atoms with Gasteiger partial charge < -0.3 is 17.2 Å². The monoisotopic (exact) mass is 209 g/mol. The molecule has 6 heteroatoms. The average molecular weight is 209 g/mol. The summed E-state index contributed by atoms with van der Waals surface area (Å²) in [6.07, 6.45) is 1.52. The largest absolute Gasteiger partial charge is 0.399 e. The van der Waals surface area contributed by atoms with E-state index in [1.165, 1.54) is 6.21 Å². The summed E-state index contributed by atoms with van der Waals surface area (Å²) in [7, 11) is 0. The molecule has 0 aliphatic rings. The third-order valence-electron chi connectivity index (χ3n) is 1.49. The van der Waals surface area contributed by atoms with Crippen molar-refractivity contribution in [2.24, 2.45) is 10.8 Å². The zero-order valence-corrected chi connectivity index (χ0v) is 8.21. The van der Waals surface area contributed by atoms with Gasteiger partial charge in [0.05, 0.1) is 6.21 Å². The maximum Gasteiger partial charge on any atom is 0.184 e. The molecule has 0 bridgehead atoms. The minimum Gasteiger partial charge on any atom is -0.399 e. The second kappa shape index (κ2) is 4.43. The molecule has 1 aromatic rings. The third kappa shape index (κ3) is 2.91. The van der Waals surface area contributed by atoms with Crippen LogP contribution in [0, 0.1) is 0 Å². The fourth-order valence-electron chi connectivity index (χ4n) is 0.876. The normalized spacial score (nSPS) is 10.3. The van der Waals surface area contributed by atoms with Gasteiger partial charge in [-0.1, -0.05) is 0 Å². The first kappa shape index (κ1) is 10.3. The first-order chi connectivity index (χ1) is 6.59. The van der Waals surface area contributed by atoms with E-state index >= 15 is 0 Å². The van der Waals surface area contributed by atoms with Crippen molar-refractivity contribution in [1.29, 1.82) is 0 Å². The van der Waals surface area contributed by atoms with Crippen LogP contribution in [0.5, 0.6) is 0 Å². The highest BCUT2D eigenvalue weighted by Crippen LogP contribution is 2.13. The maximum atomic E-state index is 5.68. The molecule has 0 fully saturated rings. The van der Waals surface area contributed by atoms with Gasteiger partial charge in [0, 0.05) is 16.9 Å². The van der Waals surface area contributed by atoms with Crippen molar-refractivity contribution in [1.82, 2.24) is 5.43 Å². The highest BCUT2D eigenvalue weighted by molar-refractivity contribution is 7.80. The molecule has 0 saturated heterocycles. The van der Waals surface area contributed by atoms with Gasteiger partial charge >= 0.3 is 0 Å². The predicted octanol–water partition coefficient (Wildman–Crippen LogP) is 0.0181. The summed E-state index contributed by atoms with van der Waals surface area (Å²) in [4.78, 5) is 0. The molecule has 0 aliphatic carbocycles. The minimum absolute atomic E-state index is 0.107. The highest BCUT2D eigenvalue weighted by atomic mass is 32.1. The van der Waals surface area contributed by atoms with Crippen LogP contribution in [0.3, 0.4) is 0 Å². The number of hydrogen-bond acceptors (Lipinski definition) is 4. The molecule has 5 nitrogen and oxygen atoms in total.